The predicted octanol–water partition coefficient (Wildman–Crippen LogP) is 2.68. The Balaban J connectivity index is 2.17. The van der Waals surface area contributed by atoms with E-state index in [1.54, 1.807) is 23.1 Å². The van der Waals surface area contributed by atoms with Gasteiger partial charge in [-0.05, 0) is 24.4 Å². The Kier molecular flexibility index (Phi) is 2.83. The molecule has 0 unspecified atom stereocenters. The molecule has 0 saturated carbocycles. The summed E-state index contributed by atoms with van der Waals surface area (Å²) in [6, 6.07) is 11.4. The van der Waals surface area contributed by atoms with Crippen LogP contribution in [-0.2, 0) is 6.54 Å². The maximum Gasteiger partial charge on any atom is 0.229 e. The van der Waals surface area contributed by atoms with E-state index in [9.17, 15) is 4.79 Å². The lowest BCUT2D eigenvalue weighted by Crippen LogP contribution is -2.12. The molecule has 1 aromatic carbocycles. The lowest BCUT2D eigenvalue weighted by atomic mass is 10.1. The molecule has 0 saturated heterocycles. The van der Waals surface area contributed by atoms with E-state index in [2.05, 4.69) is 10.1 Å². The first-order chi connectivity index (χ1) is 9.31. The van der Waals surface area contributed by atoms with Gasteiger partial charge in [0.1, 0.15) is 11.4 Å². The van der Waals surface area contributed by atoms with Crippen molar-refractivity contribution in [3.05, 3.63) is 60.2 Å². The summed E-state index contributed by atoms with van der Waals surface area (Å²) < 4.78 is 1.69. The van der Waals surface area contributed by atoms with E-state index in [4.69, 9.17) is 0 Å². The third-order valence-corrected chi connectivity index (χ3v) is 3.14. The third-order valence-electron chi connectivity index (χ3n) is 3.14. The van der Waals surface area contributed by atoms with Crippen LogP contribution in [-0.4, -0.2) is 20.5 Å². The molecule has 3 rings (SSSR count). The van der Waals surface area contributed by atoms with Crippen molar-refractivity contribution in [3.8, 4) is 0 Å². The van der Waals surface area contributed by atoms with Crippen molar-refractivity contribution in [2.24, 2.45) is 0 Å². The number of rotatable bonds is 3. The molecule has 0 aliphatic carbocycles. The molecule has 0 aliphatic heterocycles. The number of fused-ring (bicyclic) bond motifs is 1. The molecule has 2 heterocycles. The molecule has 3 aromatic rings. The molecule has 4 nitrogen and oxygen atoms in total. The number of hydrogen-bond donors (Lipinski definition) is 0. The van der Waals surface area contributed by atoms with Crippen LogP contribution in [0.4, 0.5) is 0 Å². The van der Waals surface area contributed by atoms with E-state index in [0.717, 1.165) is 10.8 Å². The number of pyridine rings is 1. The number of nitrogens with zero attached hydrogens (tertiary/aromatic N) is 3. The zero-order valence-corrected chi connectivity index (χ0v) is 10.6. The smallest absolute Gasteiger partial charge is 0.229 e. The van der Waals surface area contributed by atoms with Crippen molar-refractivity contribution in [2.45, 2.75) is 13.5 Å². The fourth-order valence-corrected chi connectivity index (χ4v) is 2.20. The predicted molar refractivity (Wildman–Crippen MR) is 73.1 cm³/mol. The SMILES string of the molecule is CCn1nccc1C(=O)c1nccc2ccccc12. The maximum absolute atomic E-state index is 12.6. The first-order valence-corrected chi connectivity index (χ1v) is 6.21. The van der Waals surface area contributed by atoms with E-state index in [1.165, 1.54) is 0 Å². The van der Waals surface area contributed by atoms with Gasteiger partial charge in [0.15, 0.2) is 0 Å². The number of hydrogen-bond acceptors (Lipinski definition) is 3. The summed E-state index contributed by atoms with van der Waals surface area (Å²) in [5, 5.41) is 6.02. The van der Waals surface area contributed by atoms with Gasteiger partial charge in [-0.15, -0.1) is 0 Å². The van der Waals surface area contributed by atoms with Crippen LogP contribution in [0.3, 0.4) is 0 Å². The quantitative estimate of drug-likeness (QED) is 0.672. The monoisotopic (exact) mass is 251 g/mol. The highest BCUT2D eigenvalue weighted by molar-refractivity contribution is 6.14. The molecule has 0 atom stereocenters. The normalized spacial score (nSPS) is 10.8. The standard InChI is InChI=1S/C15H13N3O/c1-2-18-13(8-10-17-18)15(19)14-12-6-4-3-5-11(12)7-9-16-14/h3-10H,2H2,1H3. The van der Waals surface area contributed by atoms with Gasteiger partial charge in [-0.25, -0.2) is 0 Å². The number of carbonyl (C=O) groups excluding carboxylic acids is 1. The summed E-state index contributed by atoms with van der Waals surface area (Å²) in [6.45, 7) is 2.62. The molecule has 0 bridgehead atoms. The summed E-state index contributed by atoms with van der Waals surface area (Å²) in [7, 11) is 0. The molecule has 0 aliphatic rings. The molecule has 0 spiro atoms. The molecule has 4 heteroatoms. The van der Waals surface area contributed by atoms with E-state index in [-0.39, 0.29) is 5.78 Å². The minimum absolute atomic E-state index is 0.0869. The zero-order chi connectivity index (χ0) is 13.2. The number of aromatic nitrogens is 3. The van der Waals surface area contributed by atoms with Gasteiger partial charge in [0, 0.05) is 24.3 Å². The van der Waals surface area contributed by atoms with Crippen molar-refractivity contribution in [1.29, 1.82) is 0 Å². The molecule has 2 aromatic heterocycles. The van der Waals surface area contributed by atoms with E-state index < -0.39 is 0 Å². The summed E-state index contributed by atoms with van der Waals surface area (Å²) >= 11 is 0. The van der Waals surface area contributed by atoms with Crippen LogP contribution in [0.5, 0.6) is 0 Å². The average molecular weight is 251 g/mol. The number of ketones is 1. The largest absolute Gasteiger partial charge is 0.285 e. The summed E-state index contributed by atoms with van der Waals surface area (Å²) in [5.41, 5.74) is 1.06. The third kappa shape index (κ3) is 1.91. The second-order valence-corrected chi connectivity index (χ2v) is 4.24. The van der Waals surface area contributed by atoms with Crippen molar-refractivity contribution in [2.75, 3.05) is 0 Å². The van der Waals surface area contributed by atoms with Crippen LogP contribution in [0.1, 0.15) is 23.1 Å². The van der Waals surface area contributed by atoms with Gasteiger partial charge in [0.2, 0.25) is 5.78 Å². The molecule has 0 radical (unpaired) electrons. The molecule has 0 N–H and O–H groups in total. The van der Waals surface area contributed by atoms with Crippen LogP contribution in [0.2, 0.25) is 0 Å². The highest BCUT2D eigenvalue weighted by Crippen LogP contribution is 2.19. The lowest BCUT2D eigenvalue weighted by molar-refractivity contribution is 0.102. The van der Waals surface area contributed by atoms with Gasteiger partial charge >= 0.3 is 0 Å². The van der Waals surface area contributed by atoms with Gasteiger partial charge < -0.3 is 0 Å². The molecule has 19 heavy (non-hydrogen) atoms. The van der Waals surface area contributed by atoms with Crippen LogP contribution >= 0.6 is 0 Å². The fourth-order valence-electron chi connectivity index (χ4n) is 2.20. The van der Waals surface area contributed by atoms with Gasteiger partial charge in [0.05, 0.1) is 0 Å². The minimum atomic E-state index is -0.0869. The maximum atomic E-state index is 12.6. The van der Waals surface area contributed by atoms with E-state index in [1.807, 2.05) is 37.3 Å². The summed E-state index contributed by atoms with van der Waals surface area (Å²) in [5.74, 6) is -0.0869. The van der Waals surface area contributed by atoms with E-state index >= 15 is 0 Å². The first kappa shape index (κ1) is 11.6. The van der Waals surface area contributed by atoms with Crippen LogP contribution in [0, 0.1) is 0 Å². The molecule has 0 fully saturated rings. The number of benzene rings is 1. The Labute approximate surface area is 110 Å². The van der Waals surface area contributed by atoms with Crippen molar-refractivity contribution < 1.29 is 4.79 Å². The van der Waals surface area contributed by atoms with Gasteiger partial charge in [-0.2, -0.15) is 5.10 Å². The Morgan fingerprint density at radius 3 is 2.84 bits per heavy atom. The van der Waals surface area contributed by atoms with Crippen molar-refractivity contribution in [1.82, 2.24) is 14.8 Å². The zero-order valence-electron chi connectivity index (χ0n) is 10.6. The molecule has 0 amide bonds. The Hall–Kier alpha value is -2.49. The second kappa shape index (κ2) is 4.65. The Bertz CT molecular complexity index is 740. The topological polar surface area (TPSA) is 47.8 Å². The van der Waals surface area contributed by atoms with Crippen molar-refractivity contribution >= 4 is 16.6 Å². The average Bonchev–Trinajstić information content (AvgIpc) is 2.94. The second-order valence-electron chi connectivity index (χ2n) is 4.24. The van der Waals surface area contributed by atoms with Crippen LogP contribution in [0.25, 0.3) is 10.8 Å². The molecular weight excluding hydrogens is 238 g/mol. The lowest BCUT2D eigenvalue weighted by Gasteiger charge is -2.06. The highest BCUT2D eigenvalue weighted by Gasteiger charge is 2.17. The Morgan fingerprint density at radius 2 is 2.00 bits per heavy atom. The van der Waals surface area contributed by atoms with Crippen LogP contribution < -0.4 is 0 Å². The van der Waals surface area contributed by atoms with Gasteiger partial charge in [0.25, 0.3) is 0 Å². The number of aryl methyl sites for hydroxylation is 1. The summed E-state index contributed by atoms with van der Waals surface area (Å²) in [4.78, 5) is 16.8. The van der Waals surface area contributed by atoms with Gasteiger partial charge in [-0.1, -0.05) is 24.3 Å². The minimum Gasteiger partial charge on any atom is -0.285 e. The van der Waals surface area contributed by atoms with E-state index in [0.29, 0.717) is 17.9 Å². The van der Waals surface area contributed by atoms with Crippen LogP contribution in [0.15, 0.2) is 48.8 Å². The summed E-state index contributed by atoms with van der Waals surface area (Å²) in [6.07, 6.45) is 3.31. The van der Waals surface area contributed by atoms with Crippen molar-refractivity contribution in [3.63, 3.8) is 0 Å². The first-order valence-electron chi connectivity index (χ1n) is 6.21. The molecule has 94 valence electrons. The Morgan fingerprint density at radius 1 is 1.16 bits per heavy atom. The molecular formula is C15H13N3O. The number of carbonyl (C=O) groups is 1. The van der Waals surface area contributed by atoms with Gasteiger partial charge in [-0.3, -0.25) is 14.5 Å². The fraction of sp³-hybridized carbons (Fsp3) is 0.133. The highest BCUT2D eigenvalue weighted by atomic mass is 16.1.